The molecule has 0 unspecified atom stereocenters. The van der Waals surface area contributed by atoms with E-state index in [1.807, 2.05) is 13.8 Å². The van der Waals surface area contributed by atoms with Crippen LogP contribution in [-0.2, 0) is 26.2 Å². The first-order chi connectivity index (χ1) is 19.1. The lowest BCUT2D eigenvalue weighted by Crippen LogP contribution is -2.52. The van der Waals surface area contributed by atoms with Crippen LogP contribution in [-0.4, -0.2) is 51.4 Å². The molecule has 2 amide bonds. The number of sulfonamides is 1. The van der Waals surface area contributed by atoms with Gasteiger partial charge in [0.05, 0.1) is 17.7 Å². The predicted molar refractivity (Wildman–Crippen MR) is 153 cm³/mol. The van der Waals surface area contributed by atoms with Crippen molar-refractivity contribution in [3.8, 4) is 5.75 Å². The van der Waals surface area contributed by atoms with Gasteiger partial charge in [0.15, 0.2) is 0 Å². The molecule has 3 rings (SSSR count). The third-order valence-corrected chi connectivity index (χ3v) is 8.24. The van der Waals surface area contributed by atoms with Gasteiger partial charge in [-0.3, -0.25) is 13.9 Å². The number of hydrogen-bond donors (Lipinski definition) is 1. The summed E-state index contributed by atoms with van der Waals surface area (Å²) >= 11 is 0. The van der Waals surface area contributed by atoms with Crippen molar-refractivity contribution in [2.75, 3.05) is 24.5 Å². The maximum atomic E-state index is 14.0. The first kappa shape index (κ1) is 30.6. The molecule has 3 aromatic rings. The Morgan fingerprint density at radius 1 is 0.950 bits per heavy atom. The monoisotopic (exact) mass is 569 g/mol. The van der Waals surface area contributed by atoms with Crippen molar-refractivity contribution in [1.82, 2.24) is 10.2 Å². The van der Waals surface area contributed by atoms with E-state index in [1.165, 1.54) is 29.2 Å². The zero-order valence-corrected chi connectivity index (χ0v) is 24.1. The van der Waals surface area contributed by atoms with E-state index < -0.39 is 34.3 Å². The third-order valence-electron chi connectivity index (χ3n) is 6.45. The Morgan fingerprint density at radius 2 is 1.57 bits per heavy atom. The fraction of sp³-hybridized carbons (Fsp3) is 0.333. The Kier molecular flexibility index (Phi) is 10.7. The molecule has 1 atom stereocenters. The molecule has 0 saturated carbocycles. The van der Waals surface area contributed by atoms with E-state index in [9.17, 15) is 22.4 Å². The molecule has 214 valence electrons. The highest BCUT2D eigenvalue weighted by molar-refractivity contribution is 7.92. The van der Waals surface area contributed by atoms with Crippen LogP contribution >= 0.6 is 0 Å². The zero-order chi connectivity index (χ0) is 29.3. The molecule has 10 heteroatoms. The van der Waals surface area contributed by atoms with E-state index in [0.29, 0.717) is 18.7 Å². The number of carbonyl (C=O) groups excluding carboxylic acids is 2. The van der Waals surface area contributed by atoms with Crippen LogP contribution in [0.25, 0.3) is 0 Å². The highest BCUT2D eigenvalue weighted by Crippen LogP contribution is 2.25. The topological polar surface area (TPSA) is 96.0 Å². The summed E-state index contributed by atoms with van der Waals surface area (Å²) in [5, 5.41) is 2.85. The predicted octanol–water partition coefficient (Wildman–Crippen LogP) is 4.67. The van der Waals surface area contributed by atoms with Crippen LogP contribution < -0.4 is 14.4 Å². The number of rotatable bonds is 13. The van der Waals surface area contributed by atoms with Crippen LogP contribution in [0, 0.1) is 12.7 Å². The lowest BCUT2D eigenvalue weighted by Gasteiger charge is -2.33. The van der Waals surface area contributed by atoms with Crippen molar-refractivity contribution >= 4 is 27.5 Å². The molecule has 0 spiro atoms. The molecule has 0 aromatic heterocycles. The van der Waals surface area contributed by atoms with Gasteiger partial charge in [0.25, 0.3) is 10.0 Å². The maximum Gasteiger partial charge on any atom is 0.264 e. The number of amides is 2. The van der Waals surface area contributed by atoms with Gasteiger partial charge >= 0.3 is 0 Å². The van der Waals surface area contributed by atoms with Crippen LogP contribution in [0.2, 0.25) is 0 Å². The number of carbonyl (C=O) groups is 2. The second kappa shape index (κ2) is 13.9. The number of halogens is 1. The number of methoxy groups -OCH3 is 1. The summed E-state index contributed by atoms with van der Waals surface area (Å²) in [7, 11) is -2.66. The summed E-state index contributed by atoms with van der Waals surface area (Å²) in [6, 6.07) is 17.4. The number of benzene rings is 3. The lowest BCUT2D eigenvalue weighted by atomic mass is 10.1. The molecule has 0 aliphatic heterocycles. The smallest absolute Gasteiger partial charge is 0.264 e. The van der Waals surface area contributed by atoms with Crippen molar-refractivity contribution in [2.24, 2.45) is 0 Å². The number of hydrogen-bond acceptors (Lipinski definition) is 5. The molecule has 0 heterocycles. The Bertz CT molecular complexity index is 1380. The van der Waals surface area contributed by atoms with E-state index in [2.05, 4.69) is 5.32 Å². The summed E-state index contributed by atoms with van der Waals surface area (Å²) in [5.41, 5.74) is 1.74. The number of nitrogens with one attached hydrogen (secondary N) is 1. The molecule has 0 aliphatic carbocycles. The summed E-state index contributed by atoms with van der Waals surface area (Å²) in [6.07, 6.45) is 1.04. The lowest BCUT2D eigenvalue weighted by molar-refractivity contribution is -0.140. The SMILES string of the molecule is CCCNC(=O)[C@@H](CC)N(Cc1ccc(OC)cc1)C(=O)CN(c1ccc(F)cc1)S(=O)(=O)c1ccc(C)cc1. The first-order valence-corrected chi connectivity index (χ1v) is 14.6. The first-order valence-electron chi connectivity index (χ1n) is 13.2. The standard InChI is InChI=1S/C30H36FN3O5S/c1-5-19-32-30(36)28(6-2)33(20-23-9-15-26(39-4)16-10-23)29(35)21-34(25-13-11-24(31)12-14-25)40(37,38)27-17-7-22(3)8-18-27/h7-18,28H,5-6,19-21H2,1-4H3,(H,32,36)/t28-/m1/s1. The van der Waals surface area contributed by atoms with Gasteiger partial charge in [0, 0.05) is 13.1 Å². The van der Waals surface area contributed by atoms with Gasteiger partial charge in [0.1, 0.15) is 24.2 Å². The van der Waals surface area contributed by atoms with Crippen LogP contribution in [0.4, 0.5) is 10.1 Å². The molecule has 3 aromatic carbocycles. The Hall–Kier alpha value is -3.92. The van der Waals surface area contributed by atoms with Crippen molar-refractivity contribution < 1.29 is 27.1 Å². The summed E-state index contributed by atoms with van der Waals surface area (Å²) < 4.78 is 47.5. The molecule has 0 radical (unpaired) electrons. The summed E-state index contributed by atoms with van der Waals surface area (Å²) in [6.45, 7) is 5.49. The molecule has 0 saturated heterocycles. The van der Waals surface area contributed by atoms with Crippen molar-refractivity contribution in [3.63, 3.8) is 0 Å². The number of aryl methyl sites for hydroxylation is 1. The minimum atomic E-state index is -4.21. The maximum absolute atomic E-state index is 14.0. The van der Waals surface area contributed by atoms with E-state index >= 15 is 0 Å². The Labute approximate surface area is 235 Å². The fourth-order valence-corrected chi connectivity index (χ4v) is 5.60. The van der Waals surface area contributed by atoms with Crippen molar-refractivity contribution in [3.05, 3.63) is 89.7 Å². The summed E-state index contributed by atoms with van der Waals surface area (Å²) in [5.74, 6) is -0.793. The molecule has 0 fully saturated rings. The van der Waals surface area contributed by atoms with Crippen molar-refractivity contribution in [1.29, 1.82) is 0 Å². The molecule has 0 aliphatic rings. The average Bonchev–Trinajstić information content (AvgIpc) is 2.95. The normalized spacial score (nSPS) is 11.9. The van der Waals surface area contributed by atoms with E-state index in [4.69, 9.17) is 4.74 Å². The molecular weight excluding hydrogens is 533 g/mol. The highest BCUT2D eigenvalue weighted by Gasteiger charge is 2.33. The van der Waals surface area contributed by atoms with Crippen LogP contribution in [0.1, 0.15) is 37.8 Å². The van der Waals surface area contributed by atoms with Gasteiger partial charge in [-0.25, -0.2) is 12.8 Å². The quantitative estimate of drug-likeness (QED) is 0.323. The van der Waals surface area contributed by atoms with Gasteiger partial charge in [-0.05, 0) is 73.9 Å². The van der Waals surface area contributed by atoms with Gasteiger partial charge in [-0.1, -0.05) is 43.7 Å². The van der Waals surface area contributed by atoms with Gasteiger partial charge < -0.3 is 15.0 Å². The van der Waals surface area contributed by atoms with E-state index in [-0.39, 0.29) is 23.0 Å². The van der Waals surface area contributed by atoms with E-state index in [1.54, 1.807) is 50.4 Å². The zero-order valence-electron chi connectivity index (χ0n) is 23.3. The third kappa shape index (κ3) is 7.59. The number of anilines is 1. The van der Waals surface area contributed by atoms with Gasteiger partial charge in [0.2, 0.25) is 11.8 Å². The van der Waals surface area contributed by atoms with Gasteiger partial charge in [-0.15, -0.1) is 0 Å². The van der Waals surface area contributed by atoms with Crippen LogP contribution in [0.3, 0.4) is 0 Å². The molecule has 0 bridgehead atoms. The minimum absolute atomic E-state index is 0.00957. The fourth-order valence-electron chi connectivity index (χ4n) is 4.19. The summed E-state index contributed by atoms with van der Waals surface area (Å²) in [4.78, 5) is 28.5. The average molecular weight is 570 g/mol. The minimum Gasteiger partial charge on any atom is -0.497 e. The van der Waals surface area contributed by atoms with Crippen molar-refractivity contribution in [2.45, 2.75) is 51.1 Å². The highest BCUT2D eigenvalue weighted by atomic mass is 32.2. The van der Waals surface area contributed by atoms with E-state index in [0.717, 1.165) is 34.0 Å². The van der Waals surface area contributed by atoms with Gasteiger partial charge in [-0.2, -0.15) is 0 Å². The van der Waals surface area contributed by atoms with Crippen LogP contribution in [0.5, 0.6) is 5.75 Å². The van der Waals surface area contributed by atoms with Crippen LogP contribution in [0.15, 0.2) is 77.7 Å². The number of nitrogens with zero attached hydrogens (tertiary/aromatic N) is 2. The number of ether oxygens (including phenoxy) is 1. The molecular formula is C30H36FN3O5S. The largest absolute Gasteiger partial charge is 0.497 e. The molecule has 8 nitrogen and oxygen atoms in total. The Morgan fingerprint density at radius 3 is 2.12 bits per heavy atom. The Balaban J connectivity index is 2.03. The molecule has 40 heavy (non-hydrogen) atoms. The second-order valence-corrected chi connectivity index (χ2v) is 11.2. The molecule has 1 N–H and O–H groups in total. The second-order valence-electron chi connectivity index (χ2n) is 9.39.